The van der Waals surface area contributed by atoms with Gasteiger partial charge in [0.05, 0.1) is 14.2 Å². The second kappa shape index (κ2) is 17.4. The molecular weight excluding hydrogens is 770 g/mol. The number of fused-ring (bicyclic) bond motifs is 1. The molecule has 0 spiro atoms. The minimum atomic E-state index is -2.53. The predicted octanol–water partition coefficient (Wildman–Crippen LogP) is 7.86. The second-order valence-electron chi connectivity index (χ2n) is 15.2. The van der Waals surface area contributed by atoms with Gasteiger partial charge in [-0.1, -0.05) is 87.1 Å². The number of carbonyl (C=O) groups excluding carboxylic acids is 1. The highest BCUT2D eigenvalue weighted by molar-refractivity contribution is 8.13. The van der Waals surface area contributed by atoms with Gasteiger partial charge in [0.2, 0.25) is 0 Å². The highest BCUT2D eigenvalue weighted by Gasteiger charge is 2.65. The van der Waals surface area contributed by atoms with Crippen LogP contribution in [0.15, 0.2) is 95.9 Å². The fraction of sp³-hybridized carbons (Fsp3) is 0.452. The highest BCUT2D eigenvalue weighted by atomic mass is 32.2. The second-order valence-corrected chi connectivity index (χ2v) is 17.2. The quantitative estimate of drug-likeness (QED) is 0.0627. The number of nitrogens with zero attached hydrogens (tertiary/aromatic N) is 2. The molecule has 3 heterocycles. The molecule has 15 heteroatoms. The van der Waals surface area contributed by atoms with Gasteiger partial charge in [-0.15, -0.1) is 9.05 Å². The number of hydrogen-bond acceptors (Lipinski definition) is 13. The molecule has 304 valence electrons. The topological polar surface area (TPSA) is 146 Å². The van der Waals surface area contributed by atoms with Crippen molar-refractivity contribution in [2.45, 2.75) is 83.3 Å². The van der Waals surface area contributed by atoms with E-state index in [4.69, 9.17) is 32.7 Å². The number of thioether (sulfide) groups is 1. The van der Waals surface area contributed by atoms with E-state index in [2.05, 4.69) is 10.3 Å². The summed E-state index contributed by atoms with van der Waals surface area (Å²) in [5.74, 6) is 1.03. The van der Waals surface area contributed by atoms with Crippen molar-refractivity contribution in [3.8, 4) is 11.5 Å². The van der Waals surface area contributed by atoms with Gasteiger partial charge in [0.25, 0.3) is 0 Å². The van der Waals surface area contributed by atoms with Crippen LogP contribution in [-0.2, 0) is 38.2 Å². The monoisotopic (exact) mass is 820 g/mol. The van der Waals surface area contributed by atoms with E-state index in [0.717, 1.165) is 34.9 Å². The number of carbonyl (C=O) groups is 1. The lowest BCUT2D eigenvalue weighted by atomic mass is 9.77. The van der Waals surface area contributed by atoms with Gasteiger partial charge >= 0.3 is 13.9 Å². The van der Waals surface area contributed by atoms with Crippen LogP contribution in [0.3, 0.4) is 0 Å². The molecule has 2 saturated heterocycles. The van der Waals surface area contributed by atoms with Gasteiger partial charge in [0.15, 0.2) is 17.1 Å². The molecule has 0 aliphatic carbocycles. The Labute approximate surface area is 338 Å². The van der Waals surface area contributed by atoms with E-state index in [1.807, 2.05) is 107 Å². The number of aromatic nitrogens is 2. The standard InChI is InChI=1S/C42H50N3O10PS/c1-9-39(2,3)37(46)57-26-25-51-56(48)52-27-33-35-41(6,55-40(4,5)54-35)36(53-33)45-24-23-34(43-38(45)47)44-42(28-13-11-10-12-14-28,29-15-19-31(49-7)20-16-29)30-17-21-32(50-8)22-18-30/h10-24,33,35-36H,9,25-27H2,1-8H3/p+1/t33-,35?,36+,41+/m1/s1. The van der Waals surface area contributed by atoms with Crippen LogP contribution >= 0.6 is 20.0 Å². The lowest BCUT2D eigenvalue weighted by Crippen LogP contribution is -2.45. The molecule has 0 amide bonds. The molecule has 6 rings (SSSR count). The first kappa shape index (κ1) is 42.5. The molecular formula is C42H51N3O10PS+. The Hall–Kier alpha value is -4.14. The summed E-state index contributed by atoms with van der Waals surface area (Å²) in [6, 6.07) is 27.1. The average Bonchev–Trinajstić information content (AvgIpc) is 3.62. The van der Waals surface area contributed by atoms with E-state index < -0.39 is 54.7 Å². The van der Waals surface area contributed by atoms with E-state index >= 15 is 0 Å². The van der Waals surface area contributed by atoms with E-state index in [1.165, 1.54) is 4.57 Å². The van der Waals surface area contributed by atoms with E-state index in [1.54, 1.807) is 40.3 Å². The van der Waals surface area contributed by atoms with Crippen LogP contribution in [0.5, 0.6) is 11.5 Å². The van der Waals surface area contributed by atoms with Crippen LogP contribution in [0.2, 0.25) is 0 Å². The summed E-state index contributed by atoms with van der Waals surface area (Å²) in [7, 11) is 0.709. The summed E-state index contributed by atoms with van der Waals surface area (Å²) in [5.41, 5.74) is -0.558. The van der Waals surface area contributed by atoms with Crippen LogP contribution in [0.25, 0.3) is 0 Å². The Kier molecular flexibility index (Phi) is 12.9. The predicted molar refractivity (Wildman–Crippen MR) is 218 cm³/mol. The maximum Gasteiger partial charge on any atom is 0.697 e. The number of benzene rings is 3. The van der Waals surface area contributed by atoms with Crippen molar-refractivity contribution < 1.29 is 42.1 Å². The van der Waals surface area contributed by atoms with Gasteiger partial charge in [-0.3, -0.25) is 9.36 Å². The Morgan fingerprint density at radius 3 is 2.07 bits per heavy atom. The number of anilines is 1. The highest BCUT2D eigenvalue weighted by Crippen LogP contribution is 2.51. The third-order valence-electron chi connectivity index (χ3n) is 10.5. The van der Waals surface area contributed by atoms with Gasteiger partial charge in [-0.05, 0) is 74.2 Å². The maximum atomic E-state index is 14.1. The van der Waals surface area contributed by atoms with Crippen molar-refractivity contribution in [2.24, 2.45) is 5.41 Å². The molecule has 13 nitrogen and oxygen atoms in total. The van der Waals surface area contributed by atoms with E-state index in [9.17, 15) is 14.2 Å². The normalized spacial score (nSPS) is 21.8. The first-order valence-electron chi connectivity index (χ1n) is 18.8. The number of nitrogens with one attached hydrogen (secondary N) is 1. The molecule has 2 aliphatic heterocycles. The third-order valence-corrected chi connectivity index (χ3v) is 12.5. The fourth-order valence-electron chi connectivity index (χ4n) is 7.21. The number of hydrogen-bond donors (Lipinski definition) is 1. The zero-order valence-corrected chi connectivity index (χ0v) is 35.3. The summed E-state index contributed by atoms with van der Waals surface area (Å²) < 4.78 is 55.1. The Bertz CT molecular complexity index is 2030. The minimum Gasteiger partial charge on any atom is -0.497 e. The number of ether oxygens (including phenoxy) is 5. The molecule has 0 radical (unpaired) electrons. The Morgan fingerprint density at radius 1 is 0.912 bits per heavy atom. The molecule has 5 atom stereocenters. The molecule has 2 unspecified atom stereocenters. The SMILES string of the molecule is CCC(C)(C)C(=O)SCCO[P+](=O)OC[C@H]1O[C@H](n2ccc(NC(c3ccccc3)(c3ccc(OC)cc3)c3ccc(OC)cc3)nc2=O)[C@@]2(C)OC(C)(C)OC12. The molecule has 3 aromatic carbocycles. The van der Waals surface area contributed by atoms with Crippen molar-refractivity contribution in [2.75, 3.05) is 38.5 Å². The summed E-state index contributed by atoms with van der Waals surface area (Å²) in [6.45, 7) is 11.0. The Balaban J connectivity index is 1.26. The first-order chi connectivity index (χ1) is 27.2. The number of rotatable bonds is 17. The molecule has 0 saturated carbocycles. The third kappa shape index (κ3) is 8.97. The smallest absolute Gasteiger partial charge is 0.497 e. The van der Waals surface area contributed by atoms with Crippen LogP contribution in [0.1, 0.15) is 70.9 Å². The van der Waals surface area contributed by atoms with Crippen LogP contribution < -0.4 is 20.5 Å². The lowest BCUT2D eigenvalue weighted by Gasteiger charge is -2.37. The summed E-state index contributed by atoms with van der Waals surface area (Å²) in [5, 5.41) is 3.68. The van der Waals surface area contributed by atoms with Gasteiger partial charge < -0.3 is 29.0 Å². The molecule has 1 aromatic heterocycles. The van der Waals surface area contributed by atoms with Gasteiger partial charge in [-0.2, -0.15) is 4.98 Å². The molecule has 57 heavy (non-hydrogen) atoms. The summed E-state index contributed by atoms with van der Waals surface area (Å²) >= 11 is 1.15. The molecule has 4 aromatic rings. The van der Waals surface area contributed by atoms with Gasteiger partial charge in [0.1, 0.15) is 53.9 Å². The minimum absolute atomic E-state index is 0.0500. The lowest BCUT2D eigenvalue weighted by molar-refractivity contribution is -0.217. The maximum absolute atomic E-state index is 14.1. The zero-order chi connectivity index (χ0) is 41.0. The molecule has 2 fully saturated rings. The summed E-state index contributed by atoms with van der Waals surface area (Å²) in [4.78, 5) is 31.1. The van der Waals surface area contributed by atoms with Crippen LogP contribution in [-0.4, -0.2) is 71.4 Å². The molecule has 0 bridgehead atoms. The van der Waals surface area contributed by atoms with Crippen molar-refractivity contribution in [1.29, 1.82) is 0 Å². The van der Waals surface area contributed by atoms with Gasteiger partial charge in [0, 0.05) is 21.9 Å². The van der Waals surface area contributed by atoms with Crippen molar-refractivity contribution in [3.63, 3.8) is 0 Å². The van der Waals surface area contributed by atoms with Gasteiger partial charge in [-0.25, -0.2) is 4.79 Å². The zero-order valence-electron chi connectivity index (χ0n) is 33.6. The Morgan fingerprint density at radius 2 is 1.51 bits per heavy atom. The van der Waals surface area contributed by atoms with E-state index in [0.29, 0.717) is 23.1 Å². The first-order valence-corrected chi connectivity index (χ1v) is 20.9. The average molecular weight is 821 g/mol. The van der Waals surface area contributed by atoms with Crippen molar-refractivity contribution >= 4 is 30.9 Å². The number of methoxy groups -OCH3 is 2. The fourth-order valence-corrected chi connectivity index (χ4v) is 8.80. The molecule has 1 N–H and O–H groups in total. The molecule has 2 aliphatic rings. The van der Waals surface area contributed by atoms with Crippen molar-refractivity contribution in [1.82, 2.24) is 9.55 Å². The van der Waals surface area contributed by atoms with Crippen LogP contribution in [0.4, 0.5) is 5.82 Å². The van der Waals surface area contributed by atoms with E-state index in [-0.39, 0.29) is 18.3 Å². The van der Waals surface area contributed by atoms with Crippen LogP contribution in [0, 0.1) is 5.41 Å². The largest absolute Gasteiger partial charge is 0.697 e. The van der Waals surface area contributed by atoms with Crippen molar-refractivity contribution in [3.05, 3.63) is 118 Å². The summed E-state index contributed by atoms with van der Waals surface area (Å²) in [6.07, 6.45) is -0.104.